The largest absolute Gasteiger partial charge is 0.396 e. The van der Waals surface area contributed by atoms with E-state index in [1.165, 1.54) is 13.8 Å². The van der Waals surface area contributed by atoms with Gasteiger partial charge in [0.15, 0.2) is 0 Å². The Balaban J connectivity index is 5.08. The molecule has 0 heterocycles. The second-order valence-corrected chi connectivity index (χ2v) is 7.30. The first-order chi connectivity index (χ1) is 11.1. The van der Waals surface area contributed by atoms with Crippen LogP contribution in [0, 0.1) is 11.3 Å². The fraction of sp³-hybridized carbons (Fsp3) is 0.812. The number of hydrogen-bond acceptors (Lipinski definition) is 6. The van der Waals surface area contributed by atoms with Gasteiger partial charge in [-0.15, -0.1) is 0 Å². The molecule has 0 unspecified atom stereocenters. The fourth-order valence-electron chi connectivity index (χ4n) is 1.88. The molecule has 140 valence electrons. The van der Waals surface area contributed by atoms with E-state index in [0.29, 0.717) is 12.3 Å². The SMILES string of the molecule is CC(C)CC(=O)N(CCC(=O)NCCS)C(=O)[C@H](O)C(C)(C)CO. The topological polar surface area (TPSA) is 107 Å². The van der Waals surface area contributed by atoms with Crippen LogP contribution < -0.4 is 5.32 Å². The number of imide groups is 1. The Hall–Kier alpha value is -1.12. The summed E-state index contributed by atoms with van der Waals surface area (Å²) in [5, 5.41) is 22.1. The molecule has 3 N–H and O–H groups in total. The van der Waals surface area contributed by atoms with Gasteiger partial charge in [0.1, 0.15) is 6.10 Å². The van der Waals surface area contributed by atoms with Crippen molar-refractivity contribution in [3.05, 3.63) is 0 Å². The van der Waals surface area contributed by atoms with E-state index in [1.54, 1.807) is 0 Å². The highest BCUT2D eigenvalue weighted by molar-refractivity contribution is 7.80. The van der Waals surface area contributed by atoms with E-state index >= 15 is 0 Å². The van der Waals surface area contributed by atoms with E-state index in [9.17, 15) is 24.6 Å². The number of nitrogens with one attached hydrogen (secondary N) is 1. The van der Waals surface area contributed by atoms with Gasteiger partial charge < -0.3 is 15.5 Å². The molecule has 0 bridgehead atoms. The van der Waals surface area contributed by atoms with Gasteiger partial charge in [0.25, 0.3) is 5.91 Å². The molecule has 8 heteroatoms. The van der Waals surface area contributed by atoms with E-state index < -0.39 is 29.9 Å². The van der Waals surface area contributed by atoms with E-state index in [1.807, 2.05) is 13.8 Å². The molecular weight excluding hydrogens is 332 g/mol. The summed E-state index contributed by atoms with van der Waals surface area (Å²) in [6, 6.07) is 0. The first kappa shape index (κ1) is 22.9. The summed E-state index contributed by atoms with van der Waals surface area (Å²) >= 11 is 3.99. The third-order valence-electron chi connectivity index (χ3n) is 3.53. The highest BCUT2D eigenvalue weighted by atomic mass is 32.1. The molecule has 0 aliphatic rings. The lowest BCUT2D eigenvalue weighted by molar-refractivity contribution is -0.156. The molecule has 0 rings (SSSR count). The number of aliphatic hydroxyl groups excluding tert-OH is 2. The van der Waals surface area contributed by atoms with Crippen LogP contribution in [0.4, 0.5) is 0 Å². The predicted octanol–water partition coefficient (Wildman–Crippen LogP) is 0.203. The van der Waals surface area contributed by atoms with E-state index in [2.05, 4.69) is 17.9 Å². The first-order valence-electron chi connectivity index (χ1n) is 8.07. The van der Waals surface area contributed by atoms with Gasteiger partial charge in [-0.2, -0.15) is 12.6 Å². The summed E-state index contributed by atoms with van der Waals surface area (Å²) in [4.78, 5) is 37.4. The maximum Gasteiger partial charge on any atom is 0.258 e. The maximum absolute atomic E-state index is 12.5. The Morgan fingerprint density at radius 2 is 1.83 bits per heavy atom. The summed E-state index contributed by atoms with van der Waals surface area (Å²) in [5.74, 6) is -1.00. The number of nitrogens with zero attached hydrogens (tertiary/aromatic N) is 1. The Morgan fingerprint density at radius 3 is 2.29 bits per heavy atom. The van der Waals surface area contributed by atoms with Crippen molar-refractivity contribution in [2.75, 3.05) is 25.4 Å². The highest BCUT2D eigenvalue weighted by Gasteiger charge is 2.37. The minimum atomic E-state index is -1.53. The second kappa shape index (κ2) is 10.7. The van der Waals surface area contributed by atoms with Gasteiger partial charge in [0.2, 0.25) is 11.8 Å². The monoisotopic (exact) mass is 362 g/mol. The summed E-state index contributed by atoms with van der Waals surface area (Å²) in [7, 11) is 0. The van der Waals surface area contributed by atoms with Gasteiger partial charge in [0, 0.05) is 37.1 Å². The molecule has 0 aliphatic heterocycles. The van der Waals surface area contributed by atoms with Crippen molar-refractivity contribution < 1.29 is 24.6 Å². The molecular formula is C16H30N2O5S. The van der Waals surface area contributed by atoms with Crippen molar-refractivity contribution in [3.8, 4) is 0 Å². The molecule has 0 aliphatic carbocycles. The molecule has 0 fully saturated rings. The number of carbonyl (C=O) groups excluding carboxylic acids is 3. The zero-order valence-electron chi connectivity index (χ0n) is 14.9. The van der Waals surface area contributed by atoms with E-state index in [0.717, 1.165) is 4.90 Å². The molecule has 0 saturated carbocycles. The van der Waals surface area contributed by atoms with Crippen LogP contribution in [0.15, 0.2) is 0 Å². The van der Waals surface area contributed by atoms with Crippen molar-refractivity contribution in [2.45, 2.75) is 46.6 Å². The molecule has 24 heavy (non-hydrogen) atoms. The van der Waals surface area contributed by atoms with Gasteiger partial charge in [-0.1, -0.05) is 27.7 Å². The van der Waals surface area contributed by atoms with E-state index in [-0.39, 0.29) is 31.2 Å². The molecule has 0 radical (unpaired) electrons. The minimum Gasteiger partial charge on any atom is -0.396 e. The van der Waals surface area contributed by atoms with Crippen LogP contribution in [0.1, 0.15) is 40.5 Å². The van der Waals surface area contributed by atoms with Crippen LogP contribution in [0.5, 0.6) is 0 Å². The Bertz CT molecular complexity index is 440. The average Bonchev–Trinajstić information content (AvgIpc) is 2.51. The van der Waals surface area contributed by atoms with Crippen LogP contribution in [-0.4, -0.2) is 64.4 Å². The third kappa shape index (κ3) is 7.63. The zero-order valence-corrected chi connectivity index (χ0v) is 15.8. The van der Waals surface area contributed by atoms with Crippen molar-refractivity contribution >= 4 is 30.4 Å². The predicted molar refractivity (Wildman–Crippen MR) is 94.5 cm³/mol. The first-order valence-corrected chi connectivity index (χ1v) is 8.70. The number of aliphatic hydroxyl groups is 2. The lowest BCUT2D eigenvalue weighted by atomic mass is 9.86. The van der Waals surface area contributed by atoms with Gasteiger partial charge in [-0.05, 0) is 5.92 Å². The molecule has 0 saturated heterocycles. The third-order valence-corrected chi connectivity index (χ3v) is 3.75. The van der Waals surface area contributed by atoms with Gasteiger partial charge in [-0.25, -0.2) is 0 Å². The van der Waals surface area contributed by atoms with Crippen LogP contribution in [0.3, 0.4) is 0 Å². The second-order valence-electron chi connectivity index (χ2n) is 6.85. The lowest BCUT2D eigenvalue weighted by Gasteiger charge is -2.31. The van der Waals surface area contributed by atoms with Crippen LogP contribution in [0.2, 0.25) is 0 Å². The Morgan fingerprint density at radius 1 is 1.25 bits per heavy atom. The van der Waals surface area contributed by atoms with Crippen molar-refractivity contribution in [2.24, 2.45) is 11.3 Å². The van der Waals surface area contributed by atoms with Gasteiger partial charge in [0.05, 0.1) is 6.61 Å². The number of amides is 3. The molecule has 0 aromatic heterocycles. The molecule has 3 amide bonds. The number of hydrogen-bond donors (Lipinski definition) is 4. The quantitative estimate of drug-likeness (QED) is 0.416. The molecule has 1 atom stereocenters. The summed E-state index contributed by atoms with van der Waals surface area (Å²) in [6.45, 7) is 6.62. The van der Waals surface area contributed by atoms with Crippen LogP contribution in [0.25, 0.3) is 0 Å². The highest BCUT2D eigenvalue weighted by Crippen LogP contribution is 2.22. The lowest BCUT2D eigenvalue weighted by Crippen LogP contribution is -2.50. The summed E-state index contributed by atoms with van der Waals surface area (Å²) in [6.07, 6.45) is -1.44. The Labute approximate surface area is 149 Å². The van der Waals surface area contributed by atoms with Crippen molar-refractivity contribution in [1.29, 1.82) is 0 Å². The van der Waals surface area contributed by atoms with Crippen LogP contribution >= 0.6 is 12.6 Å². The van der Waals surface area contributed by atoms with E-state index in [4.69, 9.17) is 0 Å². The zero-order chi connectivity index (χ0) is 18.9. The average molecular weight is 362 g/mol. The normalized spacial score (nSPS) is 12.8. The maximum atomic E-state index is 12.5. The summed E-state index contributed by atoms with van der Waals surface area (Å²) in [5.41, 5.74) is -1.08. The fourth-order valence-corrected chi connectivity index (χ4v) is 1.99. The van der Waals surface area contributed by atoms with Crippen molar-refractivity contribution in [1.82, 2.24) is 10.2 Å². The number of carbonyl (C=O) groups is 3. The van der Waals surface area contributed by atoms with Crippen molar-refractivity contribution in [3.63, 3.8) is 0 Å². The standard InChI is InChI=1S/C16H30N2O5S/c1-11(2)9-13(21)18(7-5-12(20)17-6-8-24)15(23)14(22)16(3,4)10-19/h11,14,19,22,24H,5-10H2,1-4H3,(H,17,20)/t14-/m0/s1. The minimum absolute atomic E-state index is 0.0359. The molecule has 7 nitrogen and oxygen atoms in total. The summed E-state index contributed by atoms with van der Waals surface area (Å²) < 4.78 is 0. The Kier molecular flexibility index (Phi) is 10.2. The number of rotatable bonds is 10. The van der Waals surface area contributed by atoms with Crippen LogP contribution in [-0.2, 0) is 14.4 Å². The molecule has 0 spiro atoms. The molecule has 0 aromatic carbocycles. The number of thiol groups is 1. The van der Waals surface area contributed by atoms with Gasteiger partial charge >= 0.3 is 0 Å². The van der Waals surface area contributed by atoms with Gasteiger partial charge in [-0.3, -0.25) is 19.3 Å². The smallest absolute Gasteiger partial charge is 0.258 e. The molecule has 0 aromatic rings.